The molecule has 1 N–H and O–H groups in total. The van der Waals surface area contributed by atoms with Crippen LogP contribution in [0.3, 0.4) is 0 Å². The molecule has 1 aromatic heterocycles. The Bertz CT molecular complexity index is 583. The highest BCUT2D eigenvalue weighted by molar-refractivity contribution is 9.10. The maximum absolute atomic E-state index is 6.29. The third kappa shape index (κ3) is 2.97. The van der Waals surface area contributed by atoms with Crippen LogP contribution >= 0.6 is 39.1 Å². The summed E-state index contributed by atoms with van der Waals surface area (Å²) in [5.41, 5.74) is 1.97. The highest BCUT2D eigenvalue weighted by Gasteiger charge is 2.22. The summed E-state index contributed by atoms with van der Waals surface area (Å²) in [5, 5.41) is 8.95. The lowest BCUT2D eigenvalue weighted by Crippen LogP contribution is -2.22. The Hall–Kier alpha value is -0.550. The highest BCUT2D eigenvalue weighted by atomic mass is 79.9. The maximum atomic E-state index is 6.29. The number of aromatic nitrogens is 2. The number of nitrogens with one attached hydrogen (secondary N) is 1. The summed E-state index contributed by atoms with van der Waals surface area (Å²) in [5.74, 6) is 0. The molecule has 0 radical (unpaired) electrons. The molecule has 0 amide bonds. The third-order valence-electron chi connectivity index (χ3n) is 2.96. The second-order valence-electron chi connectivity index (χ2n) is 4.08. The Morgan fingerprint density at radius 1 is 1.42 bits per heavy atom. The van der Waals surface area contributed by atoms with E-state index in [9.17, 15) is 0 Å². The van der Waals surface area contributed by atoms with E-state index in [0.29, 0.717) is 10.0 Å². The van der Waals surface area contributed by atoms with E-state index < -0.39 is 0 Å². The smallest absolute Gasteiger partial charge is 0.0772 e. The summed E-state index contributed by atoms with van der Waals surface area (Å²) in [7, 11) is 1.89. The Morgan fingerprint density at radius 2 is 2.16 bits per heavy atom. The number of hydrogen-bond acceptors (Lipinski definition) is 2. The Kier molecular flexibility index (Phi) is 4.90. The lowest BCUT2D eigenvalue weighted by molar-refractivity contribution is 0.562. The molecule has 6 heteroatoms. The Balaban J connectivity index is 2.56. The van der Waals surface area contributed by atoms with Crippen LogP contribution in [0.4, 0.5) is 0 Å². The molecule has 1 aromatic carbocycles. The van der Waals surface area contributed by atoms with E-state index in [-0.39, 0.29) is 6.04 Å². The van der Waals surface area contributed by atoms with E-state index in [2.05, 4.69) is 33.3 Å². The van der Waals surface area contributed by atoms with Gasteiger partial charge in [-0.1, -0.05) is 23.2 Å². The summed E-state index contributed by atoms with van der Waals surface area (Å²) in [6.07, 6.45) is 1.79. The average Bonchev–Trinajstić information content (AvgIpc) is 2.76. The first-order valence-corrected chi connectivity index (χ1v) is 7.46. The molecule has 0 saturated carbocycles. The molecule has 102 valence electrons. The van der Waals surface area contributed by atoms with Crippen molar-refractivity contribution in [2.45, 2.75) is 19.5 Å². The number of aryl methyl sites for hydroxylation is 1. The summed E-state index contributed by atoms with van der Waals surface area (Å²) >= 11 is 15.9. The van der Waals surface area contributed by atoms with Crippen molar-refractivity contribution in [1.29, 1.82) is 0 Å². The van der Waals surface area contributed by atoms with Gasteiger partial charge in [-0.05, 0) is 53.7 Å². The van der Waals surface area contributed by atoms with E-state index in [1.54, 1.807) is 12.3 Å². The molecule has 1 unspecified atom stereocenters. The minimum Gasteiger partial charge on any atom is -0.308 e. The highest BCUT2D eigenvalue weighted by Crippen LogP contribution is 2.33. The fourth-order valence-corrected chi connectivity index (χ4v) is 3.02. The number of rotatable bonds is 4. The minimum absolute atomic E-state index is 0.0666. The number of halogens is 3. The van der Waals surface area contributed by atoms with Gasteiger partial charge in [-0.2, -0.15) is 5.10 Å². The predicted molar refractivity (Wildman–Crippen MR) is 83.0 cm³/mol. The number of hydrogen-bond donors (Lipinski definition) is 1. The van der Waals surface area contributed by atoms with Crippen LogP contribution in [0.5, 0.6) is 0 Å². The van der Waals surface area contributed by atoms with Gasteiger partial charge in [0.05, 0.1) is 22.4 Å². The fraction of sp³-hybridized carbons (Fsp3) is 0.308. The van der Waals surface area contributed by atoms with Crippen LogP contribution in [-0.2, 0) is 6.54 Å². The van der Waals surface area contributed by atoms with Crippen molar-refractivity contribution >= 4 is 39.1 Å². The largest absolute Gasteiger partial charge is 0.308 e. The van der Waals surface area contributed by atoms with Gasteiger partial charge in [0.2, 0.25) is 0 Å². The van der Waals surface area contributed by atoms with Crippen molar-refractivity contribution in [2.75, 3.05) is 7.05 Å². The normalized spacial score (nSPS) is 12.7. The molecule has 0 fully saturated rings. The van der Waals surface area contributed by atoms with Crippen molar-refractivity contribution in [3.63, 3.8) is 0 Å². The summed E-state index contributed by atoms with van der Waals surface area (Å²) in [6.45, 7) is 2.84. The van der Waals surface area contributed by atoms with Crippen molar-refractivity contribution in [2.24, 2.45) is 0 Å². The molecule has 3 nitrogen and oxygen atoms in total. The van der Waals surface area contributed by atoms with E-state index in [1.807, 2.05) is 23.9 Å². The molecule has 0 aliphatic heterocycles. The SMILES string of the molecule is CCn1ncc(Br)c1C(NC)c1cc(Cl)ccc1Cl. The first kappa shape index (κ1) is 14.9. The second-order valence-corrected chi connectivity index (χ2v) is 5.78. The predicted octanol–water partition coefficient (Wildman–Crippen LogP) is 4.28. The number of benzene rings is 1. The van der Waals surface area contributed by atoms with Crippen LogP contribution in [0.1, 0.15) is 24.2 Å². The molecule has 0 spiro atoms. The van der Waals surface area contributed by atoms with Crippen LogP contribution in [0, 0.1) is 0 Å². The molecule has 0 aliphatic carbocycles. The van der Waals surface area contributed by atoms with Crippen molar-refractivity contribution in [1.82, 2.24) is 15.1 Å². The Morgan fingerprint density at radius 3 is 2.79 bits per heavy atom. The van der Waals surface area contributed by atoms with Crippen LogP contribution < -0.4 is 5.32 Å². The van der Waals surface area contributed by atoms with E-state index in [4.69, 9.17) is 23.2 Å². The molecule has 19 heavy (non-hydrogen) atoms. The first-order chi connectivity index (χ1) is 9.08. The van der Waals surface area contributed by atoms with E-state index in [0.717, 1.165) is 22.3 Å². The van der Waals surface area contributed by atoms with Gasteiger partial charge in [-0.15, -0.1) is 0 Å². The van der Waals surface area contributed by atoms with E-state index >= 15 is 0 Å². The van der Waals surface area contributed by atoms with Gasteiger partial charge in [0.1, 0.15) is 0 Å². The summed E-state index contributed by atoms with van der Waals surface area (Å²) < 4.78 is 2.88. The maximum Gasteiger partial charge on any atom is 0.0772 e. The van der Waals surface area contributed by atoms with Crippen molar-refractivity contribution in [3.05, 3.63) is 50.2 Å². The molecule has 2 rings (SSSR count). The molecular formula is C13H14BrCl2N3. The monoisotopic (exact) mass is 361 g/mol. The molecule has 0 aliphatic rings. The molecule has 0 saturated heterocycles. The molecule has 1 atom stereocenters. The van der Waals surface area contributed by atoms with Gasteiger partial charge < -0.3 is 5.32 Å². The second kappa shape index (κ2) is 6.27. The Labute approximate surface area is 131 Å². The van der Waals surface area contributed by atoms with Gasteiger partial charge in [0.25, 0.3) is 0 Å². The topological polar surface area (TPSA) is 29.9 Å². The van der Waals surface area contributed by atoms with Crippen molar-refractivity contribution < 1.29 is 0 Å². The zero-order valence-electron chi connectivity index (χ0n) is 10.6. The standard InChI is InChI=1S/C13H14BrCl2N3/c1-3-19-13(10(14)7-18-19)12(17-2)9-6-8(15)4-5-11(9)16/h4-7,12,17H,3H2,1-2H3. The molecule has 1 heterocycles. The third-order valence-corrected chi connectivity index (χ3v) is 4.15. The van der Waals surface area contributed by atoms with Gasteiger partial charge >= 0.3 is 0 Å². The van der Waals surface area contributed by atoms with Crippen LogP contribution in [-0.4, -0.2) is 16.8 Å². The van der Waals surface area contributed by atoms with Crippen LogP contribution in [0.15, 0.2) is 28.9 Å². The first-order valence-electron chi connectivity index (χ1n) is 5.91. The van der Waals surface area contributed by atoms with Crippen LogP contribution in [0.25, 0.3) is 0 Å². The average molecular weight is 363 g/mol. The van der Waals surface area contributed by atoms with Crippen LogP contribution in [0.2, 0.25) is 10.0 Å². The number of nitrogens with zero attached hydrogens (tertiary/aromatic N) is 2. The van der Waals surface area contributed by atoms with Crippen molar-refractivity contribution in [3.8, 4) is 0 Å². The molecular weight excluding hydrogens is 349 g/mol. The molecule has 2 aromatic rings. The van der Waals surface area contributed by atoms with Gasteiger partial charge in [0.15, 0.2) is 0 Å². The zero-order chi connectivity index (χ0) is 14.0. The van der Waals surface area contributed by atoms with Gasteiger partial charge in [-0.3, -0.25) is 4.68 Å². The van der Waals surface area contributed by atoms with Gasteiger partial charge in [-0.25, -0.2) is 0 Å². The van der Waals surface area contributed by atoms with E-state index in [1.165, 1.54) is 0 Å². The lowest BCUT2D eigenvalue weighted by atomic mass is 10.0. The summed E-state index contributed by atoms with van der Waals surface area (Å²) in [6, 6.07) is 5.41. The van der Waals surface area contributed by atoms with Gasteiger partial charge in [0, 0.05) is 16.6 Å². The summed E-state index contributed by atoms with van der Waals surface area (Å²) in [4.78, 5) is 0. The fourth-order valence-electron chi connectivity index (χ4n) is 2.09. The molecule has 0 bridgehead atoms. The zero-order valence-corrected chi connectivity index (χ0v) is 13.7. The lowest BCUT2D eigenvalue weighted by Gasteiger charge is -2.20. The quantitative estimate of drug-likeness (QED) is 0.879. The minimum atomic E-state index is -0.0666.